The van der Waals surface area contributed by atoms with E-state index in [0.717, 1.165) is 40.4 Å². The van der Waals surface area contributed by atoms with Crippen LogP contribution in [0.4, 0.5) is 5.69 Å². The number of hydrogen-bond donors (Lipinski definition) is 4. The van der Waals surface area contributed by atoms with Gasteiger partial charge < -0.3 is 21.3 Å². The number of carbonyl (C=O) groups excluding carboxylic acids is 3. The first kappa shape index (κ1) is 36.6. The molecule has 10 nitrogen and oxygen atoms in total. The Labute approximate surface area is 285 Å². The summed E-state index contributed by atoms with van der Waals surface area (Å²) in [7, 11) is -2.31. The van der Waals surface area contributed by atoms with Gasteiger partial charge >= 0.3 is 0 Å². The van der Waals surface area contributed by atoms with E-state index in [1.807, 2.05) is 74.5 Å². The number of nitrogens with one attached hydrogen (secondary N) is 4. The molecule has 1 aliphatic carbocycles. The average Bonchev–Trinajstić information content (AvgIpc) is 3.90. The monoisotopic (exact) mass is 675 g/mol. The van der Waals surface area contributed by atoms with Crippen LogP contribution in [0.2, 0.25) is 0 Å². The van der Waals surface area contributed by atoms with Gasteiger partial charge in [-0.15, -0.1) is 0 Å². The summed E-state index contributed by atoms with van der Waals surface area (Å²) in [5, 5.41) is 12.5. The van der Waals surface area contributed by atoms with Crippen molar-refractivity contribution >= 4 is 33.4 Å². The fourth-order valence-corrected chi connectivity index (χ4v) is 6.01. The Morgan fingerprint density at radius 2 is 1.50 bits per heavy atom. The standard InChI is InChI=1S/C37H49N5O5S/c1-5-12-34(37(45)38-20-19-27-17-18-27)39-25-32(21-28-13-8-6-9-14-28)41-36(44)31-22-30(23-33(24-31)42(3)48(4,46)47)35(43)40-26(2)29-15-10-7-11-16-29/h6-11,13-16,22-24,26-27,32,34,39H,5,12,17-21,25H2,1-4H3,(H,38,45)(H,40,43)(H,41,44)/t26-,32+,34+/m1/s1. The van der Waals surface area contributed by atoms with Gasteiger partial charge in [-0.1, -0.05) is 86.8 Å². The summed E-state index contributed by atoms with van der Waals surface area (Å²) in [4.78, 5) is 40.4. The van der Waals surface area contributed by atoms with Crippen molar-refractivity contribution in [3.8, 4) is 0 Å². The third-order valence-corrected chi connectivity index (χ3v) is 9.87. The molecule has 0 saturated heterocycles. The van der Waals surface area contributed by atoms with Gasteiger partial charge in [-0.2, -0.15) is 0 Å². The van der Waals surface area contributed by atoms with Crippen molar-refractivity contribution in [1.82, 2.24) is 21.3 Å². The van der Waals surface area contributed by atoms with Crippen LogP contribution in [0.3, 0.4) is 0 Å². The molecular formula is C37H49N5O5S. The van der Waals surface area contributed by atoms with E-state index in [0.29, 0.717) is 25.9 Å². The molecule has 4 rings (SSSR count). The largest absolute Gasteiger partial charge is 0.355 e. The normalized spacial score (nSPS) is 14.8. The Balaban J connectivity index is 1.55. The third-order valence-electron chi connectivity index (χ3n) is 8.66. The van der Waals surface area contributed by atoms with Gasteiger partial charge in [0.25, 0.3) is 11.8 Å². The van der Waals surface area contributed by atoms with Crippen molar-refractivity contribution in [2.45, 2.75) is 70.5 Å². The summed E-state index contributed by atoms with van der Waals surface area (Å²) in [6.45, 7) is 4.87. The highest BCUT2D eigenvalue weighted by Crippen LogP contribution is 2.31. The van der Waals surface area contributed by atoms with Crippen molar-refractivity contribution in [2.24, 2.45) is 5.92 Å². The number of rotatable bonds is 18. The van der Waals surface area contributed by atoms with E-state index in [1.165, 1.54) is 38.1 Å². The molecule has 3 aromatic rings. The fraction of sp³-hybridized carbons (Fsp3) is 0.432. The lowest BCUT2D eigenvalue weighted by Gasteiger charge is -2.24. The molecule has 3 atom stereocenters. The van der Waals surface area contributed by atoms with E-state index >= 15 is 0 Å². The van der Waals surface area contributed by atoms with Crippen LogP contribution in [-0.2, 0) is 21.2 Å². The SMILES string of the molecule is CCC[C@H](NC[C@H](Cc1ccccc1)NC(=O)c1cc(C(=O)N[C@H](C)c2ccccc2)cc(N(C)S(C)(=O)=O)c1)C(=O)NCCC1CC1. The number of nitrogens with zero attached hydrogens (tertiary/aromatic N) is 1. The van der Waals surface area contributed by atoms with Gasteiger partial charge in [0, 0.05) is 37.3 Å². The number of anilines is 1. The molecule has 0 aromatic heterocycles. The van der Waals surface area contributed by atoms with Crippen LogP contribution in [0.5, 0.6) is 0 Å². The van der Waals surface area contributed by atoms with Gasteiger partial charge in [-0.05, 0) is 61.4 Å². The Morgan fingerprint density at radius 3 is 2.08 bits per heavy atom. The van der Waals surface area contributed by atoms with Crippen LogP contribution in [0.1, 0.15) is 83.8 Å². The first-order valence-corrected chi connectivity index (χ1v) is 18.6. The van der Waals surface area contributed by atoms with Crippen LogP contribution in [0.15, 0.2) is 78.9 Å². The zero-order chi connectivity index (χ0) is 34.7. The second-order valence-corrected chi connectivity index (χ2v) is 14.8. The van der Waals surface area contributed by atoms with Gasteiger partial charge in [0.15, 0.2) is 0 Å². The Hall–Kier alpha value is -4.22. The summed E-state index contributed by atoms with van der Waals surface area (Å²) in [6.07, 6.45) is 6.49. The number of sulfonamides is 1. The van der Waals surface area contributed by atoms with E-state index in [4.69, 9.17) is 0 Å². The summed E-state index contributed by atoms with van der Waals surface area (Å²) in [5.41, 5.74) is 2.39. The lowest BCUT2D eigenvalue weighted by atomic mass is 10.0. The quantitative estimate of drug-likeness (QED) is 0.156. The van der Waals surface area contributed by atoms with Crippen LogP contribution in [0, 0.1) is 5.92 Å². The van der Waals surface area contributed by atoms with E-state index < -0.39 is 33.9 Å². The lowest BCUT2D eigenvalue weighted by Crippen LogP contribution is -2.50. The average molecular weight is 676 g/mol. The molecular weight excluding hydrogens is 627 g/mol. The van der Waals surface area contributed by atoms with Crippen molar-refractivity contribution in [3.05, 3.63) is 101 Å². The Bertz CT molecular complexity index is 1630. The number of carbonyl (C=O) groups is 3. The molecule has 0 heterocycles. The molecule has 0 bridgehead atoms. The van der Waals surface area contributed by atoms with Crippen LogP contribution < -0.4 is 25.6 Å². The number of hydrogen-bond acceptors (Lipinski definition) is 6. The maximum absolute atomic E-state index is 13.9. The maximum Gasteiger partial charge on any atom is 0.251 e. The third kappa shape index (κ3) is 11.2. The lowest BCUT2D eigenvalue weighted by molar-refractivity contribution is -0.123. The minimum atomic E-state index is -3.69. The first-order chi connectivity index (χ1) is 22.9. The van der Waals surface area contributed by atoms with Crippen LogP contribution in [0.25, 0.3) is 0 Å². The highest BCUT2D eigenvalue weighted by Gasteiger charge is 2.25. The van der Waals surface area contributed by atoms with Crippen molar-refractivity contribution in [2.75, 3.05) is 30.7 Å². The minimum Gasteiger partial charge on any atom is -0.355 e. The summed E-state index contributed by atoms with van der Waals surface area (Å²) < 4.78 is 26.0. The smallest absolute Gasteiger partial charge is 0.251 e. The summed E-state index contributed by atoms with van der Waals surface area (Å²) >= 11 is 0. The maximum atomic E-state index is 13.9. The minimum absolute atomic E-state index is 0.0424. The molecule has 1 saturated carbocycles. The van der Waals surface area contributed by atoms with E-state index in [9.17, 15) is 22.8 Å². The Kier molecular flexibility index (Phi) is 13.2. The molecule has 0 unspecified atom stereocenters. The highest BCUT2D eigenvalue weighted by atomic mass is 32.2. The van der Waals surface area contributed by atoms with E-state index in [2.05, 4.69) is 21.3 Å². The summed E-state index contributed by atoms with van der Waals surface area (Å²) in [5.74, 6) is -0.226. The number of benzene rings is 3. The number of amides is 3. The molecule has 3 aromatic carbocycles. The molecule has 11 heteroatoms. The van der Waals surface area contributed by atoms with Crippen LogP contribution >= 0.6 is 0 Å². The van der Waals surface area contributed by atoms with Gasteiger partial charge in [-0.3, -0.25) is 18.7 Å². The molecule has 4 N–H and O–H groups in total. The van der Waals surface area contributed by atoms with E-state index in [1.54, 1.807) is 0 Å². The molecule has 1 aliphatic rings. The molecule has 0 aliphatic heterocycles. The molecule has 1 fully saturated rings. The first-order valence-electron chi connectivity index (χ1n) is 16.7. The van der Waals surface area contributed by atoms with Gasteiger partial charge in [0.05, 0.1) is 24.0 Å². The molecule has 0 spiro atoms. The predicted molar refractivity (Wildman–Crippen MR) is 190 cm³/mol. The van der Waals surface area contributed by atoms with Gasteiger partial charge in [-0.25, -0.2) is 8.42 Å². The van der Waals surface area contributed by atoms with Crippen molar-refractivity contribution in [1.29, 1.82) is 0 Å². The molecule has 0 radical (unpaired) electrons. The van der Waals surface area contributed by atoms with E-state index in [-0.39, 0.29) is 28.8 Å². The van der Waals surface area contributed by atoms with Crippen molar-refractivity contribution < 1.29 is 22.8 Å². The second-order valence-electron chi connectivity index (χ2n) is 12.7. The van der Waals surface area contributed by atoms with Crippen molar-refractivity contribution in [3.63, 3.8) is 0 Å². The molecule has 3 amide bonds. The zero-order valence-corrected chi connectivity index (χ0v) is 29.2. The zero-order valence-electron chi connectivity index (χ0n) is 28.4. The summed E-state index contributed by atoms with van der Waals surface area (Å²) in [6, 6.07) is 22.5. The topological polar surface area (TPSA) is 137 Å². The Morgan fingerprint density at radius 1 is 0.896 bits per heavy atom. The van der Waals surface area contributed by atoms with Gasteiger partial charge in [0.1, 0.15) is 0 Å². The molecule has 48 heavy (non-hydrogen) atoms. The highest BCUT2D eigenvalue weighted by molar-refractivity contribution is 7.92. The molecule has 258 valence electrons. The fourth-order valence-electron chi connectivity index (χ4n) is 5.52. The second kappa shape index (κ2) is 17.3. The predicted octanol–water partition coefficient (Wildman–Crippen LogP) is 4.59. The van der Waals surface area contributed by atoms with Crippen LogP contribution in [-0.4, -0.2) is 64.6 Å². The van der Waals surface area contributed by atoms with Gasteiger partial charge in [0.2, 0.25) is 15.9 Å².